The van der Waals surface area contributed by atoms with Crippen molar-refractivity contribution in [2.24, 2.45) is 0 Å². The molecule has 2 aromatic heterocycles. The number of aryl methyl sites for hydroxylation is 1. The van der Waals surface area contributed by atoms with Crippen molar-refractivity contribution in [1.29, 1.82) is 0 Å². The number of likely N-dealkylation sites (N-methyl/N-ethyl adjacent to an activating group) is 1. The topological polar surface area (TPSA) is 57.7 Å². The van der Waals surface area contributed by atoms with E-state index in [9.17, 15) is 4.79 Å². The molecule has 7 heteroatoms. The lowest BCUT2D eigenvalue weighted by Crippen LogP contribution is -2.33. The summed E-state index contributed by atoms with van der Waals surface area (Å²) in [6.07, 6.45) is 2.64. The van der Waals surface area contributed by atoms with Crippen LogP contribution in [0.2, 0.25) is 0 Å². The van der Waals surface area contributed by atoms with Crippen LogP contribution in [-0.4, -0.2) is 49.5 Å². The number of nitrogens with one attached hydrogen (secondary N) is 1. The van der Waals surface area contributed by atoms with Crippen LogP contribution in [0.15, 0.2) is 54.0 Å². The number of nitrogens with zero attached hydrogens (tertiary/aromatic N) is 3. The highest BCUT2D eigenvalue weighted by Crippen LogP contribution is 2.29. The molecule has 1 aliphatic heterocycles. The van der Waals surface area contributed by atoms with Crippen LogP contribution >= 0.6 is 11.3 Å². The molecular formula is C25H30N4O2S. The Hall–Kier alpha value is -2.90. The molecule has 1 atom stereocenters. The molecule has 0 spiro atoms. The first-order valence-corrected chi connectivity index (χ1v) is 11.8. The molecule has 0 bridgehead atoms. The van der Waals surface area contributed by atoms with Crippen molar-refractivity contribution in [2.45, 2.75) is 26.0 Å². The summed E-state index contributed by atoms with van der Waals surface area (Å²) in [5.74, 6) is 0.872. The van der Waals surface area contributed by atoms with Gasteiger partial charge in [0.1, 0.15) is 11.9 Å². The summed E-state index contributed by atoms with van der Waals surface area (Å²) in [6.45, 7) is 4.87. The van der Waals surface area contributed by atoms with Gasteiger partial charge < -0.3 is 19.9 Å². The smallest absolute Gasteiger partial charge is 0.257 e. The van der Waals surface area contributed by atoms with Crippen LogP contribution in [0.25, 0.3) is 0 Å². The van der Waals surface area contributed by atoms with Gasteiger partial charge in [-0.2, -0.15) is 0 Å². The van der Waals surface area contributed by atoms with Crippen LogP contribution in [-0.2, 0) is 6.54 Å². The van der Waals surface area contributed by atoms with E-state index in [1.54, 1.807) is 17.5 Å². The highest BCUT2D eigenvalue weighted by molar-refractivity contribution is 7.10. The number of ether oxygens (including phenoxy) is 1. The summed E-state index contributed by atoms with van der Waals surface area (Å²) in [5, 5.41) is 5.28. The van der Waals surface area contributed by atoms with Gasteiger partial charge >= 0.3 is 0 Å². The highest BCUT2D eigenvalue weighted by Gasteiger charge is 2.25. The molecular weight excluding hydrogens is 420 g/mol. The highest BCUT2D eigenvalue weighted by atomic mass is 32.1. The number of carbonyl (C=O) groups excluding carboxylic acids is 1. The Labute approximate surface area is 193 Å². The Kier molecular flexibility index (Phi) is 7.07. The average molecular weight is 451 g/mol. The van der Waals surface area contributed by atoms with Crippen LogP contribution in [0.1, 0.15) is 39.0 Å². The Morgan fingerprint density at radius 1 is 1.22 bits per heavy atom. The zero-order valence-corrected chi connectivity index (χ0v) is 19.7. The van der Waals surface area contributed by atoms with Crippen molar-refractivity contribution in [3.8, 4) is 5.75 Å². The first-order chi connectivity index (χ1) is 15.5. The molecule has 4 rings (SSSR count). The number of hydrogen-bond donors (Lipinski definition) is 1. The van der Waals surface area contributed by atoms with E-state index in [1.165, 1.54) is 4.88 Å². The summed E-state index contributed by atoms with van der Waals surface area (Å²) in [5.41, 5.74) is 3.62. The number of rotatable bonds is 8. The Morgan fingerprint density at radius 3 is 2.75 bits per heavy atom. The molecule has 3 heterocycles. The summed E-state index contributed by atoms with van der Waals surface area (Å²) in [4.78, 5) is 22.8. The molecule has 3 aromatic rings. The predicted octanol–water partition coefficient (Wildman–Crippen LogP) is 4.27. The van der Waals surface area contributed by atoms with Crippen molar-refractivity contribution in [1.82, 2.24) is 15.2 Å². The van der Waals surface area contributed by atoms with Gasteiger partial charge in [-0.25, -0.2) is 0 Å². The van der Waals surface area contributed by atoms with E-state index in [0.717, 1.165) is 42.2 Å². The number of fused-ring (bicyclic) bond motifs is 1. The van der Waals surface area contributed by atoms with Gasteiger partial charge in [-0.15, -0.1) is 11.3 Å². The third kappa shape index (κ3) is 5.11. The molecule has 168 valence electrons. The summed E-state index contributed by atoms with van der Waals surface area (Å²) in [7, 11) is 3.98. The van der Waals surface area contributed by atoms with Gasteiger partial charge in [0.15, 0.2) is 0 Å². The fraction of sp³-hybridized carbons (Fsp3) is 0.360. The van der Waals surface area contributed by atoms with E-state index >= 15 is 0 Å². The third-order valence-electron chi connectivity index (χ3n) is 5.75. The van der Waals surface area contributed by atoms with Crippen LogP contribution in [0.4, 0.5) is 5.69 Å². The third-order valence-corrected chi connectivity index (χ3v) is 6.71. The molecule has 1 amide bonds. The zero-order chi connectivity index (χ0) is 22.5. The Bertz CT molecular complexity index is 1040. The second-order valence-electron chi connectivity index (χ2n) is 8.15. The standard InChI is InChI=1S/C25H30N4O2S/c1-18-15-22-21(16-27-18)25(30)29(13-12-28(22)3)17-19-6-8-20(9-7-19)31-23(10-11-26-2)24-5-4-14-32-24/h4-9,14-16,23,26H,10-13,17H2,1-3H3/t23-/m0/s1. The largest absolute Gasteiger partial charge is 0.485 e. The predicted molar refractivity (Wildman–Crippen MR) is 130 cm³/mol. The first kappa shape index (κ1) is 22.3. The maximum absolute atomic E-state index is 13.2. The second kappa shape index (κ2) is 10.1. The molecule has 0 fully saturated rings. The summed E-state index contributed by atoms with van der Waals surface area (Å²) < 4.78 is 6.29. The lowest BCUT2D eigenvalue weighted by Gasteiger charge is -2.22. The van der Waals surface area contributed by atoms with Crippen molar-refractivity contribution in [2.75, 3.05) is 38.6 Å². The number of anilines is 1. The number of hydrogen-bond acceptors (Lipinski definition) is 6. The van der Waals surface area contributed by atoms with Crippen molar-refractivity contribution in [3.05, 3.63) is 75.7 Å². The van der Waals surface area contributed by atoms with E-state index < -0.39 is 0 Å². The van der Waals surface area contributed by atoms with Crippen molar-refractivity contribution in [3.63, 3.8) is 0 Å². The summed E-state index contributed by atoms with van der Waals surface area (Å²) >= 11 is 1.72. The zero-order valence-electron chi connectivity index (χ0n) is 18.9. The fourth-order valence-electron chi connectivity index (χ4n) is 3.91. The number of amides is 1. The molecule has 0 radical (unpaired) electrons. The minimum absolute atomic E-state index is 0.0296. The lowest BCUT2D eigenvalue weighted by atomic mass is 10.1. The quantitative estimate of drug-likeness (QED) is 0.555. The van der Waals surface area contributed by atoms with E-state index in [4.69, 9.17) is 4.74 Å². The Morgan fingerprint density at radius 2 is 2.03 bits per heavy atom. The van der Waals surface area contributed by atoms with Crippen LogP contribution in [0.3, 0.4) is 0 Å². The van der Waals surface area contributed by atoms with Gasteiger partial charge in [-0.1, -0.05) is 18.2 Å². The fourth-order valence-corrected chi connectivity index (χ4v) is 4.70. The maximum atomic E-state index is 13.2. The molecule has 0 saturated heterocycles. The minimum atomic E-state index is 0.0296. The van der Waals surface area contributed by atoms with Gasteiger partial charge in [0.2, 0.25) is 0 Å². The van der Waals surface area contributed by atoms with Gasteiger partial charge in [0, 0.05) is 49.9 Å². The van der Waals surface area contributed by atoms with Gasteiger partial charge in [0.25, 0.3) is 5.91 Å². The maximum Gasteiger partial charge on any atom is 0.257 e. The van der Waals surface area contributed by atoms with E-state index in [2.05, 4.69) is 44.8 Å². The normalized spacial score (nSPS) is 14.8. The minimum Gasteiger partial charge on any atom is -0.485 e. The van der Waals surface area contributed by atoms with Gasteiger partial charge in [-0.3, -0.25) is 9.78 Å². The lowest BCUT2D eigenvalue weighted by molar-refractivity contribution is 0.0754. The van der Waals surface area contributed by atoms with Crippen molar-refractivity contribution < 1.29 is 9.53 Å². The monoisotopic (exact) mass is 450 g/mol. The number of thiophene rings is 1. The molecule has 1 N–H and O–H groups in total. The van der Waals surface area contributed by atoms with Crippen molar-refractivity contribution >= 4 is 22.9 Å². The molecule has 1 aliphatic rings. The average Bonchev–Trinajstić information content (AvgIpc) is 3.31. The number of benzene rings is 1. The van der Waals surface area contributed by atoms with E-state index in [0.29, 0.717) is 18.7 Å². The number of carbonyl (C=O) groups is 1. The van der Waals surface area contributed by atoms with E-state index in [1.807, 2.05) is 44.1 Å². The molecule has 1 aromatic carbocycles. The molecule has 32 heavy (non-hydrogen) atoms. The molecule has 6 nitrogen and oxygen atoms in total. The van der Waals surface area contributed by atoms with Crippen LogP contribution in [0, 0.1) is 6.92 Å². The molecule has 0 aliphatic carbocycles. The number of pyridine rings is 1. The second-order valence-corrected chi connectivity index (χ2v) is 9.13. The van der Waals surface area contributed by atoms with E-state index in [-0.39, 0.29) is 12.0 Å². The van der Waals surface area contributed by atoms with Gasteiger partial charge in [0.05, 0.1) is 11.3 Å². The van der Waals surface area contributed by atoms with Crippen LogP contribution in [0.5, 0.6) is 5.75 Å². The SMILES string of the molecule is CNCC[C@H](Oc1ccc(CN2CCN(C)c3cc(C)ncc3C2=O)cc1)c1cccs1. The van der Waals surface area contributed by atoms with Gasteiger partial charge in [-0.05, 0) is 55.7 Å². The summed E-state index contributed by atoms with van der Waals surface area (Å²) in [6, 6.07) is 14.3. The Balaban J connectivity index is 1.45. The molecule has 0 saturated carbocycles. The van der Waals surface area contributed by atoms with Crippen LogP contribution < -0.4 is 15.0 Å². The molecule has 0 unspecified atom stereocenters. The first-order valence-electron chi connectivity index (χ1n) is 11.0. The number of aromatic nitrogens is 1.